The molecule has 0 heterocycles. The predicted octanol–water partition coefficient (Wildman–Crippen LogP) is 4.55. The molecule has 0 spiro atoms. The molecule has 0 unspecified atom stereocenters. The molecule has 2 fully saturated rings. The van der Waals surface area contributed by atoms with Gasteiger partial charge in [0.05, 0.1) is 5.41 Å². The fourth-order valence-corrected chi connectivity index (χ4v) is 8.53. The van der Waals surface area contributed by atoms with Gasteiger partial charge in [-0.3, -0.25) is 24.0 Å². The number of fused-ring (bicyclic) bond motifs is 3. The first kappa shape index (κ1) is 40.0. The summed E-state index contributed by atoms with van der Waals surface area (Å²) < 4.78 is 35.7. The second-order valence-electron chi connectivity index (χ2n) is 14.5. The molecule has 4 rings (SSSR count). The lowest BCUT2D eigenvalue weighted by molar-refractivity contribution is -0.277. The summed E-state index contributed by atoms with van der Waals surface area (Å²) in [5, 5.41) is 13.1. The van der Waals surface area contributed by atoms with Crippen molar-refractivity contribution >= 4 is 41.9 Å². The molecule has 1 aromatic carbocycles. The molecule has 0 saturated heterocycles. The zero-order chi connectivity index (χ0) is 38.9. The van der Waals surface area contributed by atoms with E-state index < -0.39 is 94.6 Å². The fourth-order valence-electron chi connectivity index (χ4n) is 8.53. The van der Waals surface area contributed by atoms with Crippen LogP contribution in [0.3, 0.4) is 0 Å². The number of ether oxygens (including phenoxy) is 6. The standard InChI is InChI=1S/C39H48O13/c1-20-29(52-32(45)17-16-27-14-12-11-13-15-27)19-31(48-23(4)41)38(10)33(20)34(49-24(5)42)28-18-30(47-22(3)40)21(2)39(46,37(28,8)9)36(51-26(7)44)35(38)50-25(6)43/h11-17,28-29,31,33-36,46H,1,18-19H2,2-10H3/b17-16-/t28-,29-,31-,33-,34-,35-,36-,38+,39-/m0/s1. The summed E-state index contributed by atoms with van der Waals surface area (Å²) in [6.45, 7) is 16.6. The lowest BCUT2D eigenvalue weighted by Gasteiger charge is -2.64. The lowest BCUT2D eigenvalue weighted by Crippen LogP contribution is -2.75. The molecule has 2 bridgehead atoms. The van der Waals surface area contributed by atoms with Crippen molar-refractivity contribution < 1.29 is 62.3 Å². The summed E-state index contributed by atoms with van der Waals surface area (Å²) in [5.74, 6) is -6.63. The molecule has 3 aliphatic rings. The molecule has 0 amide bonds. The molecule has 13 nitrogen and oxygen atoms in total. The number of hydrogen-bond acceptors (Lipinski definition) is 13. The van der Waals surface area contributed by atoms with Gasteiger partial charge >= 0.3 is 35.8 Å². The van der Waals surface area contributed by atoms with E-state index in [0.29, 0.717) is 0 Å². The van der Waals surface area contributed by atoms with E-state index in [-0.39, 0.29) is 29.7 Å². The number of carbonyl (C=O) groups is 6. The van der Waals surface area contributed by atoms with Crippen LogP contribution in [-0.4, -0.2) is 77.0 Å². The van der Waals surface area contributed by atoms with Crippen LogP contribution in [0.5, 0.6) is 0 Å². The van der Waals surface area contributed by atoms with Gasteiger partial charge in [-0.05, 0) is 24.1 Å². The van der Waals surface area contributed by atoms with E-state index in [1.54, 1.807) is 39.0 Å². The van der Waals surface area contributed by atoms with Crippen molar-refractivity contribution in [2.24, 2.45) is 22.7 Å². The molecule has 13 heteroatoms. The number of esters is 6. The number of aliphatic hydroxyl groups is 1. The smallest absolute Gasteiger partial charge is 0.331 e. The molecule has 0 aromatic heterocycles. The van der Waals surface area contributed by atoms with E-state index in [1.165, 1.54) is 33.8 Å². The first-order chi connectivity index (χ1) is 24.2. The average molecular weight is 725 g/mol. The van der Waals surface area contributed by atoms with Crippen molar-refractivity contribution in [3.05, 3.63) is 65.5 Å². The zero-order valence-electron chi connectivity index (χ0n) is 31.1. The van der Waals surface area contributed by atoms with Crippen molar-refractivity contribution in [3.63, 3.8) is 0 Å². The highest BCUT2D eigenvalue weighted by atomic mass is 16.6. The maximum Gasteiger partial charge on any atom is 0.331 e. The van der Waals surface area contributed by atoms with Crippen molar-refractivity contribution in [1.82, 2.24) is 0 Å². The minimum atomic E-state index is -2.24. The average Bonchev–Trinajstić information content (AvgIpc) is 3.03. The fraction of sp³-hybridized carbons (Fsp3) is 0.538. The van der Waals surface area contributed by atoms with Gasteiger partial charge in [0.2, 0.25) is 0 Å². The maximum absolute atomic E-state index is 13.3. The quantitative estimate of drug-likeness (QED) is 0.171. The Morgan fingerprint density at radius 2 is 1.35 bits per heavy atom. The van der Waals surface area contributed by atoms with Crippen LogP contribution in [0.4, 0.5) is 0 Å². The normalized spacial score (nSPS) is 32.3. The Labute approximate surface area is 303 Å². The molecule has 282 valence electrons. The number of allylic oxidation sites excluding steroid dienone is 1. The first-order valence-corrected chi connectivity index (χ1v) is 17.1. The Kier molecular flexibility index (Phi) is 11.6. The van der Waals surface area contributed by atoms with E-state index in [1.807, 2.05) is 18.2 Å². The molecule has 0 aliphatic heterocycles. The minimum Gasteiger partial charge on any atom is -0.462 e. The number of benzene rings is 1. The molecular formula is C39H48O13. The number of carbonyl (C=O) groups excluding carboxylic acids is 6. The van der Waals surface area contributed by atoms with Gasteiger partial charge in [0.25, 0.3) is 0 Å². The van der Waals surface area contributed by atoms with E-state index in [9.17, 15) is 33.9 Å². The monoisotopic (exact) mass is 724 g/mol. The van der Waals surface area contributed by atoms with E-state index >= 15 is 0 Å². The molecule has 1 N–H and O–H groups in total. The Morgan fingerprint density at radius 3 is 1.88 bits per heavy atom. The summed E-state index contributed by atoms with van der Waals surface area (Å²) in [5.41, 5.74) is -4.22. The summed E-state index contributed by atoms with van der Waals surface area (Å²) in [4.78, 5) is 77.5. The van der Waals surface area contributed by atoms with Gasteiger partial charge in [-0.25, -0.2) is 4.79 Å². The Hall–Kier alpha value is -4.78. The molecule has 3 aliphatic carbocycles. The van der Waals surface area contributed by atoms with Crippen LogP contribution in [0.15, 0.2) is 59.9 Å². The van der Waals surface area contributed by atoms with E-state index in [2.05, 4.69) is 6.58 Å². The second-order valence-corrected chi connectivity index (χ2v) is 14.5. The highest BCUT2D eigenvalue weighted by Crippen LogP contribution is 2.64. The van der Waals surface area contributed by atoms with Crippen LogP contribution in [-0.2, 0) is 57.2 Å². The summed E-state index contributed by atoms with van der Waals surface area (Å²) in [7, 11) is 0. The molecule has 2 saturated carbocycles. The van der Waals surface area contributed by atoms with E-state index in [4.69, 9.17) is 28.4 Å². The SMILES string of the molecule is C=C1[C@@H](OC(=O)/C=C\c2ccccc2)C[C@H](OC(C)=O)[C@@]2(C)[C@@H](OC(C)=O)[C@H](OC(C)=O)[C@@]3(O)C(C)=C(OC(C)=O)C[C@@H]([C@H](OC(C)=O)[C@H]12)C3(C)C. The van der Waals surface area contributed by atoms with Gasteiger partial charge in [-0.1, -0.05) is 57.7 Å². The van der Waals surface area contributed by atoms with Crippen LogP contribution in [0.2, 0.25) is 0 Å². The second kappa shape index (κ2) is 15.1. The zero-order valence-corrected chi connectivity index (χ0v) is 31.1. The van der Waals surface area contributed by atoms with Crippen LogP contribution in [0.1, 0.15) is 80.7 Å². The van der Waals surface area contributed by atoms with Crippen LogP contribution >= 0.6 is 0 Å². The Balaban J connectivity index is 2.05. The van der Waals surface area contributed by atoms with Crippen molar-refractivity contribution in [2.75, 3.05) is 0 Å². The van der Waals surface area contributed by atoms with Crippen molar-refractivity contribution in [2.45, 2.75) is 111 Å². The third kappa shape index (κ3) is 7.41. The summed E-state index contributed by atoms with van der Waals surface area (Å²) in [6.07, 6.45) is -4.41. The molecule has 1 aromatic rings. The number of rotatable bonds is 8. The largest absolute Gasteiger partial charge is 0.462 e. The van der Waals surface area contributed by atoms with Crippen LogP contribution in [0, 0.1) is 22.7 Å². The van der Waals surface area contributed by atoms with E-state index in [0.717, 1.165) is 19.4 Å². The lowest BCUT2D eigenvalue weighted by atomic mass is 9.45. The van der Waals surface area contributed by atoms with Crippen LogP contribution in [0.25, 0.3) is 6.08 Å². The summed E-state index contributed by atoms with van der Waals surface area (Å²) in [6, 6.07) is 9.04. The Morgan fingerprint density at radius 1 is 0.788 bits per heavy atom. The van der Waals surface area contributed by atoms with Gasteiger partial charge in [-0.15, -0.1) is 0 Å². The molecule has 52 heavy (non-hydrogen) atoms. The van der Waals surface area contributed by atoms with Gasteiger partial charge in [0.15, 0.2) is 12.2 Å². The first-order valence-electron chi connectivity index (χ1n) is 17.1. The van der Waals surface area contributed by atoms with Crippen molar-refractivity contribution in [3.8, 4) is 0 Å². The highest BCUT2D eigenvalue weighted by molar-refractivity contribution is 5.87. The van der Waals surface area contributed by atoms with Crippen LogP contribution < -0.4 is 0 Å². The number of hydrogen-bond donors (Lipinski definition) is 1. The van der Waals surface area contributed by atoms with Crippen molar-refractivity contribution in [1.29, 1.82) is 0 Å². The summed E-state index contributed by atoms with van der Waals surface area (Å²) >= 11 is 0. The maximum atomic E-state index is 13.3. The molecule has 9 atom stereocenters. The van der Waals surface area contributed by atoms with Gasteiger partial charge in [0, 0.05) is 76.4 Å². The highest BCUT2D eigenvalue weighted by Gasteiger charge is 2.73. The van der Waals surface area contributed by atoms with Gasteiger partial charge in [-0.2, -0.15) is 0 Å². The topological polar surface area (TPSA) is 178 Å². The minimum absolute atomic E-state index is 0.0331. The third-order valence-corrected chi connectivity index (χ3v) is 10.9. The van der Waals surface area contributed by atoms with Gasteiger partial charge < -0.3 is 33.5 Å². The van der Waals surface area contributed by atoms with Gasteiger partial charge in [0.1, 0.15) is 29.7 Å². The third-order valence-electron chi connectivity index (χ3n) is 10.9. The Bertz CT molecular complexity index is 1690. The molecule has 0 radical (unpaired) electrons. The predicted molar refractivity (Wildman–Crippen MR) is 184 cm³/mol. The molecular weight excluding hydrogens is 676 g/mol.